The Bertz CT molecular complexity index is 758. The zero-order valence-electron chi connectivity index (χ0n) is 15.2. The number of aromatic amines is 1. The summed E-state index contributed by atoms with van der Waals surface area (Å²) in [7, 11) is 1.58. The van der Waals surface area contributed by atoms with Gasteiger partial charge in [0.15, 0.2) is 0 Å². The van der Waals surface area contributed by atoms with Crippen molar-refractivity contribution in [1.82, 2.24) is 10.3 Å². The molecule has 0 saturated carbocycles. The number of carbonyl (C=O) groups is 2. The van der Waals surface area contributed by atoms with Gasteiger partial charge in [0.2, 0.25) is 5.91 Å². The molecule has 0 radical (unpaired) electrons. The summed E-state index contributed by atoms with van der Waals surface area (Å²) in [6, 6.07) is 4.73. The molecule has 0 bridgehead atoms. The van der Waals surface area contributed by atoms with Crippen molar-refractivity contribution in [3.8, 4) is 5.75 Å². The first-order chi connectivity index (χ1) is 11.7. The van der Waals surface area contributed by atoms with Crippen LogP contribution in [0.5, 0.6) is 5.75 Å². The summed E-state index contributed by atoms with van der Waals surface area (Å²) in [5.74, 6) is -0.633. The number of carboxylic acids is 1. The summed E-state index contributed by atoms with van der Waals surface area (Å²) in [6.07, 6.45) is 2.98. The second-order valence-electron chi connectivity index (χ2n) is 7.43. The molecule has 0 aliphatic carbocycles. The van der Waals surface area contributed by atoms with E-state index in [-0.39, 0.29) is 17.7 Å². The lowest BCUT2D eigenvalue weighted by molar-refractivity contribution is -0.142. The topological polar surface area (TPSA) is 91.4 Å². The minimum Gasteiger partial charge on any atom is -0.496 e. The highest BCUT2D eigenvalue weighted by atomic mass is 16.5. The van der Waals surface area contributed by atoms with Crippen molar-refractivity contribution in [2.45, 2.75) is 46.1 Å². The maximum atomic E-state index is 12.4. The Kier molecular flexibility index (Phi) is 5.72. The molecule has 6 heteroatoms. The normalized spacial score (nSPS) is 12.8. The number of ether oxygens (including phenoxy) is 1. The monoisotopic (exact) mass is 346 g/mol. The van der Waals surface area contributed by atoms with Crippen LogP contribution in [0, 0.1) is 5.41 Å². The number of fused-ring (bicyclic) bond motifs is 1. The number of methoxy groups -OCH3 is 1. The fourth-order valence-electron chi connectivity index (χ4n) is 2.78. The number of hydrogen-bond acceptors (Lipinski definition) is 3. The molecule has 25 heavy (non-hydrogen) atoms. The van der Waals surface area contributed by atoms with Crippen molar-refractivity contribution in [2.24, 2.45) is 5.41 Å². The quantitative estimate of drug-likeness (QED) is 0.718. The van der Waals surface area contributed by atoms with Gasteiger partial charge in [-0.25, -0.2) is 4.79 Å². The average molecular weight is 346 g/mol. The minimum atomic E-state index is -1.01. The number of carboxylic acid groups (broad SMARTS) is 1. The standard InChI is InChI=1S/C19H26N2O4/c1-19(2,3)9-8-14(18(23)24)21-16(22)10-12-11-20-13-6-5-7-15(25-4)17(12)13/h5-7,11,14,20H,8-10H2,1-4H3,(H,21,22)(H,23,24). The van der Waals surface area contributed by atoms with Gasteiger partial charge in [-0.05, 0) is 36.0 Å². The Hall–Kier alpha value is -2.50. The van der Waals surface area contributed by atoms with Crippen molar-refractivity contribution in [3.63, 3.8) is 0 Å². The molecule has 3 N–H and O–H groups in total. The van der Waals surface area contributed by atoms with E-state index in [9.17, 15) is 14.7 Å². The van der Waals surface area contributed by atoms with Gasteiger partial charge in [-0.2, -0.15) is 0 Å². The van der Waals surface area contributed by atoms with Gasteiger partial charge in [-0.1, -0.05) is 26.8 Å². The summed E-state index contributed by atoms with van der Waals surface area (Å²) in [5.41, 5.74) is 1.68. The fourth-order valence-corrected chi connectivity index (χ4v) is 2.78. The molecule has 1 amide bonds. The summed E-state index contributed by atoms with van der Waals surface area (Å²) in [6.45, 7) is 6.14. The van der Waals surface area contributed by atoms with Crippen LogP contribution >= 0.6 is 0 Å². The van der Waals surface area contributed by atoms with Crippen LogP contribution in [0.15, 0.2) is 24.4 Å². The van der Waals surface area contributed by atoms with Crippen molar-refractivity contribution in [3.05, 3.63) is 30.0 Å². The second-order valence-corrected chi connectivity index (χ2v) is 7.43. The minimum absolute atomic E-state index is 0.0165. The molecule has 0 spiro atoms. The molecular formula is C19H26N2O4. The maximum Gasteiger partial charge on any atom is 0.326 e. The third kappa shape index (κ3) is 4.98. The van der Waals surface area contributed by atoms with E-state index in [1.807, 2.05) is 39.0 Å². The zero-order valence-corrected chi connectivity index (χ0v) is 15.2. The van der Waals surface area contributed by atoms with Gasteiger partial charge in [0.05, 0.1) is 13.5 Å². The number of aromatic nitrogens is 1. The Morgan fingerprint density at radius 3 is 2.64 bits per heavy atom. The number of nitrogens with one attached hydrogen (secondary N) is 2. The molecular weight excluding hydrogens is 320 g/mol. The van der Waals surface area contributed by atoms with E-state index in [1.54, 1.807) is 13.3 Å². The molecule has 1 atom stereocenters. The molecule has 2 aromatic rings. The van der Waals surface area contributed by atoms with E-state index < -0.39 is 12.0 Å². The predicted octanol–water partition coefficient (Wildman–Crippen LogP) is 3.11. The predicted molar refractivity (Wildman–Crippen MR) is 96.8 cm³/mol. The van der Waals surface area contributed by atoms with Crippen LogP contribution < -0.4 is 10.1 Å². The maximum absolute atomic E-state index is 12.4. The highest BCUT2D eigenvalue weighted by molar-refractivity contribution is 5.93. The van der Waals surface area contributed by atoms with Crippen LogP contribution in [0.25, 0.3) is 10.9 Å². The van der Waals surface area contributed by atoms with Crippen molar-refractivity contribution >= 4 is 22.8 Å². The number of H-pyrrole nitrogens is 1. The van der Waals surface area contributed by atoms with E-state index >= 15 is 0 Å². The van der Waals surface area contributed by atoms with Gasteiger partial charge in [0.1, 0.15) is 11.8 Å². The summed E-state index contributed by atoms with van der Waals surface area (Å²) in [5, 5.41) is 12.8. The highest BCUT2D eigenvalue weighted by Crippen LogP contribution is 2.29. The molecule has 0 aliphatic heterocycles. The lowest BCUT2D eigenvalue weighted by Crippen LogP contribution is -2.42. The van der Waals surface area contributed by atoms with Gasteiger partial charge in [0, 0.05) is 17.1 Å². The van der Waals surface area contributed by atoms with Crippen LogP contribution in [0.4, 0.5) is 0 Å². The Labute approximate surface area is 147 Å². The molecule has 1 aromatic heterocycles. The van der Waals surface area contributed by atoms with Crippen LogP contribution in [0.1, 0.15) is 39.2 Å². The number of rotatable bonds is 7. The molecule has 0 aliphatic rings. The Morgan fingerprint density at radius 2 is 2.04 bits per heavy atom. The van der Waals surface area contributed by atoms with Gasteiger partial charge in [0.25, 0.3) is 0 Å². The molecule has 136 valence electrons. The van der Waals surface area contributed by atoms with Crippen molar-refractivity contribution < 1.29 is 19.4 Å². The number of amides is 1. The first-order valence-corrected chi connectivity index (χ1v) is 8.36. The smallest absolute Gasteiger partial charge is 0.326 e. The summed E-state index contributed by atoms with van der Waals surface area (Å²) in [4.78, 5) is 26.9. The molecule has 0 saturated heterocycles. The largest absolute Gasteiger partial charge is 0.496 e. The number of benzene rings is 1. The number of hydrogen-bond donors (Lipinski definition) is 3. The number of aliphatic carboxylic acids is 1. The summed E-state index contributed by atoms with van der Waals surface area (Å²) < 4.78 is 5.36. The van der Waals surface area contributed by atoms with E-state index in [2.05, 4.69) is 10.3 Å². The van der Waals surface area contributed by atoms with Crippen molar-refractivity contribution in [2.75, 3.05) is 7.11 Å². The van der Waals surface area contributed by atoms with E-state index in [4.69, 9.17) is 4.74 Å². The average Bonchev–Trinajstić information content (AvgIpc) is 2.93. The Morgan fingerprint density at radius 1 is 1.32 bits per heavy atom. The first-order valence-electron chi connectivity index (χ1n) is 8.36. The van der Waals surface area contributed by atoms with E-state index in [0.29, 0.717) is 18.6 Å². The summed E-state index contributed by atoms with van der Waals surface area (Å²) >= 11 is 0. The van der Waals surface area contributed by atoms with Crippen LogP contribution in [0.2, 0.25) is 0 Å². The Balaban J connectivity index is 2.09. The van der Waals surface area contributed by atoms with Crippen molar-refractivity contribution in [1.29, 1.82) is 0 Å². The number of carbonyl (C=O) groups excluding carboxylic acids is 1. The second kappa shape index (κ2) is 7.59. The molecule has 1 unspecified atom stereocenters. The zero-order chi connectivity index (χ0) is 18.6. The highest BCUT2D eigenvalue weighted by Gasteiger charge is 2.23. The molecule has 1 heterocycles. The van der Waals surface area contributed by atoms with Crippen LogP contribution in [-0.2, 0) is 16.0 Å². The fraction of sp³-hybridized carbons (Fsp3) is 0.474. The third-order valence-electron chi connectivity index (χ3n) is 4.14. The van der Waals surface area contributed by atoms with Crippen LogP contribution in [-0.4, -0.2) is 35.1 Å². The molecule has 0 fully saturated rings. The lowest BCUT2D eigenvalue weighted by atomic mass is 9.88. The lowest BCUT2D eigenvalue weighted by Gasteiger charge is -2.21. The third-order valence-corrected chi connectivity index (χ3v) is 4.14. The first kappa shape index (κ1) is 18.8. The molecule has 2 rings (SSSR count). The van der Waals surface area contributed by atoms with Gasteiger partial charge < -0.3 is 20.1 Å². The van der Waals surface area contributed by atoms with E-state index in [1.165, 1.54) is 0 Å². The molecule has 6 nitrogen and oxygen atoms in total. The van der Waals surface area contributed by atoms with E-state index in [0.717, 1.165) is 16.5 Å². The van der Waals surface area contributed by atoms with Gasteiger partial charge >= 0.3 is 5.97 Å². The SMILES string of the molecule is COc1cccc2[nH]cc(CC(=O)NC(CCC(C)(C)C)C(=O)O)c12. The van der Waals surface area contributed by atoms with Gasteiger partial charge in [-0.15, -0.1) is 0 Å². The van der Waals surface area contributed by atoms with Gasteiger partial charge in [-0.3, -0.25) is 4.79 Å². The van der Waals surface area contributed by atoms with Crippen LogP contribution in [0.3, 0.4) is 0 Å². The molecule has 1 aromatic carbocycles.